The normalized spacial score (nSPS) is 16.7. The van der Waals surface area contributed by atoms with Crippen molar-refractivity contribution < 1.29 is 19.1 Å². The van der Waals surface area contributed by atoms with E-state index in [0.717, 1.165) is 55.7 Å². The molecule has 3 heterocycles. The predicted molar refractivity (Wildman–Crippen MR) is 132 cm³/mol. The van der Waals surface area contributed by atoms with Crippen LogP contribution in [0, 0.1) is 0 Å². The minimum Gasteiger partial charge on any atom is -0.497 e. The maximum atomic E-state index is 12.9. The van der Waals surface area contributed by atoms with Crippen molar-refractivity contribution in [3.63, 3.8) is 0 Å². The lowest BCUT2D eigenvalue weighted by Crippen LogP contribution is -2.52. The number of aromatic nitrogens is 2. The molecule has 1 aromatic heterocycles. The summed E-state index contributed by atoms with van der Waals surface area (Å²) in [5.41, 5.74) is 1.73. The Hall–Kier alpha value is -3.24. The van der Waals surface area contributed by atoms with Gasteiger partial charge in [0.2, 0.25) is 11.8 Å². The van der Waals surface area contributed by atoms with E-state index in [1.807, 2.05) is 41.3 Å². The molecule has 10 nitrogen and oxygen atoms in total. The lowest BCUT2D eigenvalue weighted by molar-refractivity contribution is -0.139. The lowest BCUT2D eigenvalue weighted by Gasteiger charge is -2.36. The molecule has 0 aliphatic carbocycles. The van der Waals surface area contributed by atoms with E-state index >= 15 is 0 Å². The zero-order valence-electron chi connectivity index (χ0n) is 20.6. The van der Waals surface area contributed by atoms with Gasteiger partial charge < -0.3 is 24.2 Å². The first kappa shape index (κ1) is 24.9. The van der Waals surface area contributed by atoms with Gasteiger partial charge in [-0.05, 0) is 24.3 Å². The fraction of sp³-hybridized carbons (Fsp3) is 0.520. The number of carbonyl (C=O) groups is 2. The summed E-state index contributed by atoms with van der Waals surface area (Å²) in [5.74, 6) is 1.48. The lowest BCUT2D eigenvalue weighted by atomic mass is 10.1. The molecule has 2 saturated heterocycles. The maximum Gasteiger partial charge on any atom is 0.242 e. The fourth-order valence-electron chi connectivity index (χ4n) is 4.31. The van der Waals surface area contributed by atoms with Crippen molar-refractivity contribution in [3.05, 3.63) is 36.4 Å². The Bertz CT molecular complexity index is 988. The van der Waals surface area contributed by atoms with Gasteiger partial charge in [0.05, 0.1) is 32.6 Å². The summed E-state index contributed by atoms with van der Waals surface area (Å²) in [5, 5.41) is 8.80. The van der Waals surface area contributed by atoms with Gasteiger partial charge in [-0.3, -0.25) is 14.5 Å². The zero-order chi connectivity index (χ0) is 24.6. The number of carbonyl (C=O) groups excluding carboxylic acids is 2. The first-order valence-corrected chi connectivity index (χ1v) is 12.1. The summed E-state index contributed by atoms with van der Waals surface area (Å²) < 4.78 is 10.7. The average molecular weight is 483 g/mol. The molecule has 10 heteroatoms. The van der Waals surface area contributed by atoms with Crippen molar-refractivity contribution in [1.82, 2.24) is 24.9 Å². The van der Waals surface area contributed by atoms with Crippen molar-refractivity contribution in [1.29, 1.82) is 0 Å². The summed E-state index contributed by atoms with van der Waals surface area (Å²) in [4.78, 5) is 32.9. The van der Waals surface area contributed by atoms with Crippen LogP contribution in [0.25, 0.3) is 11.3 Å². The van der Waals surface area contributed by atoms with E-state index in [-0.39, 0.29) is 18.4 Å². The third-order valence-electron chi connectivity index (χ3n) is 6.53. The molecule has 0 atom stereocenters. The largest absolute Gasteiger partial charge is 0.497 e. The molecule has 188 valence electrons. The second kappa shape index (κ2) is 11.9. The van der Waals surface area contributed by atoms with Crippen LogP contribution in [0.4, 0.5) is 5.82 Å². The van der Waals surface area contributed by atoms with Gasteiger partial charge in [-0.2, -0.15) is 0 Å². The van der Waals surface area contributed by atoms with E-state index < -0.39 is 0 Å². The van der Waals surface area contributed by atoms with Crippen LogP contribution in [0.15, 0.2) is 36.4 Å². The monoisotopic (exact) mass is 482 g/mol. The number of methoxy groups -OCH3 is 1. The van der Waals surface area contributed by atoms with Crippen LogP contribution in [-0.2, 0) is 14.3 Å². The van der Waals surface area contributed by atoms with E-state index in [9.17, 15) is 9.59 Å². The number of hydrogen-bond acceptors (Lipinski definition) is 8. The van der Waals surface area contributed by atoms with Crippen LogP contribution in [0.5, 0.6) is 5.75 Å². The third kappa shape index (κ3) is 6.67. The van der Waals surface area contributed by atoms with Crippen molar-refractivity contribution >= 4 is 17.6 Å². The van der Waals surface area contributed by atoms with Crippen molar-refractivity contribution in [3.8, 4) is 17.0 Å². The number of benzene rings is 1. The topological polar surface area (TPSA) is 91.3 Å². The molecule has 1 aromatic carbocycles. The van der Waals surface area contributed by atoms with Gasteiger partial charge in [0.1, 0.15) is 5.75 Å². The van der Waals surface area contributed by atoms with Crippen molar-refractivity contribution in [2.24, 2.45) is 0 Å². The minimum absolute atomic E-state index is 0.0127. The van der Waals surface area contributed by atoms with E-state index in [0.29, 0.717) is 32.7 Å². The molecule has 2 amide bonds. The molecule has 0 radical (unpaired) electrons. The number of piperazine rings is 1. The number of rotatable bonds is 8. The van der Waals surface area contributed by atoms with Crippen LogP contribution >= 0.6 is 0 Å². The number of ether oxygens (including phenoxy) is 2. The molecule has 2 aliphatic heterocycles. The number of hydrogen-bond donors (Lipinski definition) is 0. The van der Waals surface area contributed by atoms with Gasteiger partial charge in [0, 0.05) is 64.8 Å². The highest BCUT2D eigenvalue weighted by Gasteiger charge is 2.25. The second-order valence-electron chi connectivity index (χ2n) is 8.77. The Balaban J connectivity index is 1.27. The zero-order valence-corrected chi connectivity index (χ0v) is 20.6. The molecular weight excluding hydrogens is 448 g/mol. The van der Waals surface area contributed by atoms with Gasteiger partial charge in [0.15, 0.2) is 5.82 Å². The summed E-state index contributed by atoms with van der Waals surface area (Å²) in [6.45, 7) is 8.66. The van der Waals surface area contributed by atoms with Gasteiger partial charge in [-0.15, -0.1) is 10.2 Å². The molecular formula is C25H34N6O4. The van der Waals surface area contributed by atoms with Crippen LogP contribution in [0.3, 0.4) is 0 Å². The first-order chi connectivity index (χ1) is 17.0. The molecule has 0 unspecified atom stereocenters. The fourth-order valence-corrected chi connectivity index (χ4v) is 4.31. The molecule has 4 rings (SSSR count). The highest BCUT2D eigenvalue weighted by atomic mass is 16.5. The molecule has 2 fully saturated rings. The first-order valence-electron chi connectivity index (χ1n) is 12.1. The molecule has 35 heavy (non-hydrogen) atoms. The molecule has 0 spiro atoms. The second-order valence-corrected chi connectivity index (χ2v) is 8.77. The Morgan fingerprint density at radius 1 is 1.03 bits per heavy atom. The number of amides is 2. The summed E-state index contributed by atoms with van der Waals surface area (Å²) in [6.07, 6.45) is 0. The van der Waals surface area contributed by atoms with E-state index in [4.69, 9.17) is 9.47 Å². The quantitative estimate of drug-likeness (QED) is 0.550. The van der Waals surface area contributed by atoms with Crippen LogP contribution in [0.2, 0.25) is 0 Å². The van der Waals surface area contributed by atoms with E-state index in [1.165, 1.54) is 6.92 Å². The van der Waals surface area contributed by atoms with Crippen LogP contribution in [0.1, 0.15) is 6.92 Å². The van der Waals surface area contributed by atoms with E-state index in [2.05, 4.69) is 20.0 Å². The minimum atomic E-state index is -0.0726. The predicted octanol–water partition coefficient (Wildman–Crippen LogP) is 0.982. The maximum absolute atomic E-state index is 12.9. The standard InChI is InChI=1S/C25H34N6O4/c1-20(32)31(9-8-28-14-16-35-17-15-28)19-25(33)30-12-10-29(11-13-30)24-7-6-23(26-27-24)21-4-3-5-22(18-21)34-2/h3-7,18H,8-17,19H2,1-2H3. The van der Waals surface area contributed by atoms with E-state index in [1.54, 1.807) is 12.0 Å². The Kier molecular flexibility index (Phi) is 8.49. The highest BCUT2D eigenvalue weighted by Crippen LogP contribution is 2.23. The molecule has 0 saturated carbocycles. The Morgan fingerprint density at radius 3 is 2.46 bits per heavy atom. The summed E-state index contributed by atoms with van der Waals surface area (Å²) in [6, 6.07) is 11.6. The van der Waals surface area contributed by atoms with Crippen molar-refractivity contribution in [2.75, 3.05) is 84.1 Å². The smallest absolute Gasteiger partial charge is 0.242 e. The van der Waals surface area contributed by atoms with Gasteiger partial charge in [-0.25, -0.2) is 0 Å². The summed E-state index contributed by atoms with van der Waals surface area (Å²) in [7, 11) is 1.64. The van der Waals surface area contributed by atoms with Crippen LogP contribution in [-0.4, -0.2) is 116 Å². The van der Waals surface area contributed by atoms with Gasteiger partial charge >= 0.3 is 0 Å². The SMILES string of the molecule is COc1cccc(-c2ccc(N3CCN(C(=O)CN(CCN4CCOCC4)C(C)=O)CC3)nn2)c1. The highest BCUT2D eigenvalue weighted by molar-refractivity contribution is 5.84. The molecule has 0 bridgehead atoms. The molecule has 2 aromatic rings. The number of morpholine rings is 1. The van der Waals surface area contributed by atoms with Crippen LogP contribution < -0.4 is 9.64 Å². The number of nitrogens with zero attached hydrogens (tertiary/aromatic N) is 6. The third-order valence-corrected chi connectivity index (χ3v) is 6.53. The molecule has 0 N–H and O–H groups in total. The van der Waals surface area contributed by atoms with Gasteiger partial charge in [0.25, 0.3) is 0 Å². The number of anilines is 1. The average Bonchev–Trinajstić information content (AvgIpc) is 2.91. The summed E-state index contributed by atoms with van der Waals surface area (Å²) >= 11 is 0. The molecule has 2 aliphatic rings. The van der Waals surface area contributed by atoms with Crippen molar-refractivity contribution in [2.45, 2.75) is 6.92 Å². The Labute approximate surface area is 206 Å². The Morgan fingerprint density at radius 2 is 1.80 bits per heavy atom. The van der Waals surface area contributed by atoms with Gasteiger partial charge in [-0.1, -0.05) is 12.1 Å².